The van der Waals surface area contributed by atoms with Gasteiger partial charge >= 0.3 is 0 Å². The fourth-order valence-corrected chi connectivity index (χ4v) is 2.48. The summed E-state index contributed by atoms with van der Waals surface area (Å²) in [5.74, 6) is -1.69. The Balaban J connectivity index is 1.51. The SMILES string of the molecule is O=C(NCCCc1ccccc1)c1cnc(Nc2c(F)cccc2F)cn1. The second kappa shape index (κ2) is 8.84. The second-order valence-electron chi connectivity index (χ2n) is 5.85. The highest BCUT2D eigenvalue weighted by molar-refractivity contribution is 5.92. The summed E-state index contributed by atoms with van der Waals surface area (Å²) in [5, 5.41) is 5.30. The first kappa shape index (κ1) is 18.4. The minimum Gasteiger partial charge on any atom is -0.351 e. The average Bonchev–Trinajstić information content (AvgIpc) is 2.69. The highest BCUT2D eigenvalue weighted by atomic mass is 19.1. The van der Waals surface area contributed by atoms with Gasteiger partial charge in [0.15, 0.2) is 0 Å². The zero-order valence-corrected chi connectivity index (χ0v) is 14.5. The molecule has 0 atom stereocenters. The van der Waals surface area contributed by atoms with E-state index >= 15 is 0 Å². The summed E-state index contributed by atoms with van der Waals surface area (Å²) >= 11 is 0. The minimum absolute atomic E-state index is 0.134. The Morgan fingerprint density at radius 1 is 0.926 bits per heavy atom. The molecule has 27 heavy (non-hydrogen) atoms. The van der Waals surface area contributed by atoms with E-state index in [-0.39, 0.29) is 23.1 Å². The summed E-state index contributed by atoms with van der Waals surface area (Å²) in [6.45, 7) is 0.510. The lowest BCUT2D eigenvalue weighted by atomic mass is 10.1. The Labute approximate surface area is 155 Å². The van der Waals surface area contributed by atoms with Crippen molar-refractivity contribution in [2.75, 3.05) is 11.9 Å². The molecule has 0 saturated carbocycles. The third-order valence-electron chi connectivity index (χ3n) is 3.87. The molecule has 0 aliphatic rings. The van der Waals surface area contributed by atoms with Gasteiger partial charge in [-0.25, -0.2) is 18.7 Å². The molecular weight excluding hydrogens is 350 g/mol. The van der Waals surface area contributed by atoms with Gasteiger partial charge in [-0.3, -0.25) is 4.79 Å². The Hall–Kier alpha value is -3.35. The van der Waals surface area contributed by atoms with Crippen molar-refractivity contribution in [3.63, 3.8) is 0 Å². The molecule has 5 nitrogen and oxygen atoms in total. The van der Waals surface area contributed by atoms with Crippen LogP contribution < -0.4 is 10.6 Å². The number of aromatic nitrogens is 2. The van der Waals surface area contributed by atoms with Gasteiger partial charge in [-0.05, 0) is 30.5 Å². The Kier molecular flexibility index (Phi) is 6.04. The standard InChI is InChI=1S/C20H18F2N4O/c21-15-9-4-10-16(22)19(15)26-18-13-24-17(12-25-18)20(27)23-11-5-8-14-6-2-1-3-7-14/h1-4,6-7,9-10,12-13H,5,8,11H2,(H,23,27)(H,25,26). The highest BCUT2D eigenvalue weighted by Gasteiger charge is 2.11. The van der Waals surface area contributed by atoms with Gasteiger partial charge in [0.25, 0.3) is 5.91 Å². The van der Waals surface area contributed by atoms with Crippen LogP contribution >= 0.6 is 0 Å². The first-order valence-electron chi connectivity index (χ1n) is 8.48. The van der Waals surface area contributed by atoms with E-state index in [1.165, 1.54) is 24.0 Å². The van der Waals surface area contributed by atoms with E-state index in [1.54, 1.807) is 0 Å². The number of anilines is 2. The van der Waals surface area contributed by atoms with Gasteiger partial charge in [0.05, 0.1) is 12.4 Å². The van der Waals surface area contributed by atoms with Crippen molar-refractivity contribution in [2.24, 2.45) is 0 Å². The largest absolute Gasteiger partial charge is 0.351 e. The average molecular weight is 368 g/mol. The molecule has 7 heteroatoms. The molecule has 2 aromatic carbocycles. The molecule has 0 saturated heterocycles. The van der Waals surface area contributed by atoms with Crippen molar-refractivity contribution in [3.05, 3.63) is 83.8 Å². The fourth-order valence-electron chi connectivity index (χ4n) is 2.48. The van der Waals surface area contributed by atoms with Crippen LogP contribution in [0.15, 0.2) is 60.9 Å². The number of carbonyl (C=O) groups excluding carboxylic acids is 1. The Morgan fingerprint density at radius 2 is 1.67 bits per heavy atom. The number of nitrogens with one attached hydrogen (secondary N) is 2. The maximum atomic E-state index is 13.6. The third kappa shape index (κ3) is 5.07. The van der Waals surface area contributed by atoms with Crippen molar-refractivity contribution < 1.29 is 13.6 Å². The molecule has 0 unspecified atom stereocenters. The summed E-state index contributed by atoms with van der Waals surface area (Å²) < 4.78 is 27.2. The minimum atomic E-state index is -0.739. The molecule has 3 aromatic rings. The van der Waals surface area contributed by atoms with Crippen molar-refractivity contribution in [1.82, 2.24) is 15.3 Å². The number of hydrogen-bond acceptors (Lipinski definition) is 4. The first-order valence-corrected chi connectivity index (χ1v) is 8.48. The second-order valence-corrected chi connectivity index (χ2v) is 5.85. The van der Waals surface area contributed by atoms with Crippen LogP contribution in [0.3, 0.4) is 0 Å². The number of aryl methyl sites for hydroxylation is 1. The number of halogens is 2. The van der Waals surface area contributed by atoms with Crippen molar-refractivity contribution in [3.8, 4) is 0 Å². The maximum absolute atomic E-state index is 13.6. The summed E-state index contributed by atoms with van der Waals surface area (Å²) in [4.78, 5) is 20.1. The zero-order chi connectivity index (χ0) is 19.1. The van der Waals surface area contributed by atoms with Crippen LogP contribution in [0.2, 0.25) is 0 Å². The van der Waals surface area contributed by atoms with Crippen LogP contribution in [0, 0.1) is 11.6 Å². The van der Waals surface area contributed by atoms with Gasteiger partial charge in [0.1, 0.15) is 28.8 Å². The highest BCUT2D eigenvalue weighted by Crippen LogP contribution is 2.21. The van der Waals surface area contributed by atoms with Crippen LogP contribution in [-0.4, -0.2) is 22.4 Å². The van der Waals surface area contributed by atoms with Gasteiger partial charge in [0.2, 0.25) is 0 Å². The van der Waals surface area contributed by atoms with E-state index in [0.717, 1.165) is 25.0 Å². The van der Waals surface area contributed by atoms with Gasteiger partial charge in [-0.15, -0.1) is 0 Å². The first-order chi connectivity index (χ1) is 13.1. The van der Waals surface area contributed by atoms with E-state index in [1.807, 2.05) is 30.3 Å². The van der Waals surface area contributed by atoms with Crippen LogP contribution in [0.1, 0.15) is 22.5 Å². The Bertz CT molecular complexity index is 881. The molecule has 0 aliphatic carbocycles. The fraction of sp³-hybridized carbons (Fsp3) is 0.150. The monoisotopic (exact) mass is 368 g/mol. The number of nitrogens with zero attached hydrogens (tertiary/aromatic N) is 2. The number of carbonyl (C=O) groups is 1. The third-order valence-corrected chi connectivity index (χ3v) is 3.87. The maximum Gasteiger partial charge on any atom is 0.271 e. The quantitative estimate of drug-likeness (QED) is 0.622. The summed E-state index contributed by atoms with van der Waals surface area (Å²) in [5.41, 5.74) is 1.03. The molecule has 1 amide bonds. The van der Waals surface area contributed by atoms with Crippen LogP contribution in [0.4, 0.5) is 20.3 Å². The number of benzene rings is 2. The molecular formula is C20H18F2N4O. The van der Waals surface area contributed by atoms with Crippen molar-refractivity contribution in [1.29, 1.82) is 0 Å². The molecule has 3 rings (SSSR count). The lowest BCUT2D eigenvalue weighted by Gasteiger charge is -2.08. The molecule has 0 spiro atoms. The molecule has 1 aromatic heterocycles. The number of amides is 1. The van der Waals surface area contributed by atoms with Gasteiger partial charge in [-0.1, -0.05) is 36.4 Å². The summed E-state index contributed by atoms with van der Waals surface area (Å²) in [6.07, 6.45) is 4.18. The molecule has 0 radical (unpaired) electrons. The molecule has 0 bridgehead atoms. The molecule has 138 valence electrons. The lowest BCUT2D eigenvalue weighted by Crippen LogP contribution is -2.25. The summed E-state index contributed by atoms with van der Waals surface area (Å²) in [7, 11) is 0. The molecule has 2 N–H and O–H groups in total. The number of hydrogen-bond donors (Lipinski definition) is 2. The van der Waals surface area contributed by atoms with Crippen molar-refractivity contribution >= 4 is 17.4 Å². The van der Waals surface area contributed by atoms with E-state index in [9.17, 15) is 13.6 Å². The topological polar surface area (TPSA) is 66.9 Å². The van der Waals surface area contributed by atoms with Gasteiger partial charge in [0, 0.05) is 6.54 Å². The van der Waals surface area contributed by atoms with Crippen LogP contribution in [-0.2, 0) is 6.42 Å². The lowest BCUT2D eigenvalue weighted by molar-refractivity contribution is 0.0948. The number of rotatable bonds is 7. The number of para-hydroxylation sites is 1. The molecule has 0 aliphatic heterocycles. The predicted molar refractivity (Wildman–Crippen MR) is 98.8 cm³/mol. The van der Waals surface area contributed by atoms with E-state index < -0.39 is 11.6 Å². The predicted octanol–water partition coefficient (Wildman–Crippen LogP) is 3.86. The van der Waals surface area contributed by atoms with Gasteiger partial charge < -0.3 is 10.6 Å². The van der Waals surface area contributed by atoms with Crippen LogP contribution in [0.5, 0.6) is 0 Å². The summed E-state index contributed by atoms with van der Waals surface area (Å²) in [6, 6.07) is 13.5. The van der Waals surface area contributed by atoms with E-state index in [0.29, 0.717) is 6.54 Å². The van der Waals surface area contributed by atoms with Gasteiger partial charge in [-0.2, -0.15) is 0 Å². The van der Waals surface area contributed by atoms with Crippen LogP contribution in [0.25, 0.3) is 0 Å². The van der Waals surface area contributed by atoms with E-state index in [4.69, 9.17) is 0 Å². The van der Waals surface area contributed by atoms with Crippen molar-refractivity contribution in [2.45, 2.75) is 12.8 Å². The molecule has 0 fully saturated rings. The normalized spacial score (nSPS) is 10.4. The molecule has 1 heterocycles. The Morgan fingerprint density at radius 3 is 2.33 bits per heavy atom. The zero-order valence-electron chi connectivity index (χ0n) is 14.5. The van der Waals surface area contributed by atoms with E-state index in [2.05, 4.69) is 20.6 Å². The smallest absolute Gasteiger partial charge is 0.271 e.